The van der Waals surface area contributed by atoms with Crippen molar-refractivity contribution in [2.75, 3.05) is 0 Å². The van der Waals surface area contributed by atoms with E-state index in [-0.39, 0.29) is 17.0 Å². The molecule has 1 heterocycles. The van der Waals surface area contributed by atoms with Crippen LogP contribution in [0.1, 0.15) is 18.4 Å². The van der Waals surface area contributed by atoms with Gasteiger partial charge in [0.05, 0.1) is 11.7 Å². The molecule has 0 N–H and O–H groups in total. The zero-order valence-corrected chi connectivity index (χ0v) is 8.27. The van der Waals surface area contributed by atoms with E-state index in [2.05, 4.69) is 4.98 Å². The van der Waals surface area contributed by atoms with Crippen LogP contribution in [-0.4, -0.2) is 11.1 Å². The van der Waals surface area contributed by atoms with Gasteiger partial charge in [0.2, 0.25) is 0 Å². The van der Waals surface area contributed by atoms with Crippen LogP contribution in [0.4, 0.5) is 13.2 Å². The highest BCUT2D eigenvalue weighted by Crippen LogP contribution is 2.36. The van der Waals surface area contributed by atoms with E-state index in [1.807, 2.05) is 0 Å². The summed E-state index contributed by atoms with van der Waals surface area (Å²) in [4.78, 5) is 3.45. The molecule has 1 aliphatic carbocycles. The molecule has 0 radical (unpaired) electrons. The average Bonchev–Trinajstić information content (AvgIpc) is 2.90. The Morgan fingerprint density at radius 3 is 2.60 bits per heavy atom. The molecule has 0 aromatic carbocycles. The molecular formula is C9H7ClF3NO. The fourth-order valence-corrected chi connectivity index (χ4v) is 1.18. The first-order valence-corrected chi connectivity index (χ1v) is 4.74. The van der Waals surface area contributed by atoms with E-state index in [1.54, 1.807) is 0 Å². The second-order valence-electron chi connectivity index (χ2n) is 3.33. The molecule has 1 fully saturated rings. The largest absolute Gasteiger partial charge is 0.487 e. The van der Waals surface area contributed by atoms with Crippen LogP contribution >= 0.6 is 11.6 Å². The van der Waals surface area contributed by atoms with Gasteiger partial charge in [-0.15, -0.1) is 0 Å². The van der Waals surface area contributed by atoms with E-state index in [9.17, 15) is 13.2 Å². The van der Waals surface area contributed by atoms with Gasteiger partial charge in [0.15, 0.2) is 10.9 Å². The fraction of sp³-hybridized carbons (Fsp3) is 0.444. The fourth-order valence-electron chi connectivity index (χ4n) is 1.03. The zero-order valence-electron chi connectivity index (χ0n) is 7.51. The van der Waals surface area contributed by atoms with Crippen LogP contribution in [0.2, 0.25) is 5.15 Å². The van der Waals surface area contributed by atoms with Gasteiger partial charge in [-0.1, -0.05) is 11.6 Å². The van der Waals surface area contributed by atoms with Gasteiger partial charge < -0.3 is 4.74 Å². The number of hydrogen-bond acceptors (Lipinski definition) is 2. The Morgan fingerprint density at radius 2 is 2.07 bits per heavy atom. The lowest BCUT2D eigenvalue weighted by atomic mass is 10.3. The van der Waals surface area contributed by atoms with Crippen molar-refractivity contribution in [1.29, 1.82) is 0 Å². The lowest BCUT2D eigenvalue weighted by Crippen LogP contribution is -2.07. The number of rotatable bonds is 2. The van der Waals surface area contributed by atoms with Crippen LogP contribution in [0, 0.1) is 0 Å². The van der Waals surface area contributed by atoms with E-state index in [4.69, 9.17) is 16.3 Å². The van der Waals surface area contributed by atoms with Crippen LogP contribution in [0.25, 0.3) is 0 Å². The van der Waals surface area contributed by atoms with Gasteiger partial charge in [-0.2, -0.15) is 13.2 Å². The number of pyridine rings is 1. The van der Waals surface area contributed by atoms with Crippen molar-refractivity contribution in [3.05, 3.63) is 23.0 Å². The van der Waals surface area contributed by atoms with E-state index >= 15 is 0 Å². The second-order valence-corrected chi connectivity index (χ2v) is 3.69. The molecule has 2 nitrogen and oxygen atoms in total. The Balaban J connectivity index is 2.27. The SMILES string of the molecule is FC(F)(F)c1cnc(Cl)c(OC2CC2)c1. The van der Waals surface area contributed by atoms with Gasteiger partial charge in [-0.25, -0.2) is 4.98 Å². The number of aromatic nitrogens is 1. The summed E-state index contributed by atoms with van der Waals surface area (Å²) in [6.07, 6.45) is -2.02. The molecule has 0 unspecified atom stereocenters. The summed E-state index contributed by atoms with van der Waals surface area (Å²) < 4.78 is 42.1. The molecular weight excluding hydrogens is 231 g/mol. The van der Waals surface area contributed by atoms with Gasteiger partial charge in [-0.3, -0.25) is 0 Å². The molecule has 6 heteroatoms. The Hall–Kier alpha value is -0.970. The molecule has 0 atom stereocenters. The summed E-state index contributed by atoms with van der Waals surface area (Å²) in [5.74, 6) is 0.00833. The first-order chi connectivity index (χ1) is 6.97. The Kier molecular flexibility index (Phi) is 2.50. The highest BCUT2D eigenvalue weighted by atomic mass is 35.5. The van der Waals surface area contributed by atoms with E-state index in [0.717, 1.165) is 18.9 Å². The molecule has 15 heavy (non-hydrogen) atoms. The number of nitrogens with zero attached hydrogens (tertiary/aromatic N) is 1. The third kappa shape index (κ3) is 2.53. The monoisotopic (exact) mass is 237 g/mol. The third-order valence-electron chi connectivity index (χ3n) is 1.95. The van der Waals surface area contributed by atoms with Crippen molar-refractivity contribution in [2.24, 2.45) is 0 Å². The quantitative estimate of drug-likeness (QED) is 0.737. The standard InChI is InChI=1S/C9H7ClF3NO/c10-8-7(15-6-1-2-6)3-5(4-14-8)9(11,12)13/h3-4,6H,1-2H2. The summed E-state index contributed by atoms with van der Waals surface area (Å²) in [7, 11) is 0. The number of hydrogen-bond donors (Lipinski definition) is 0. The summed E-state index contributed by atoms with van der Waals surface area (Å²) >= 11 is 5.61. The molecule has 1 aromatic heterocycles. The van der Waals surface area contributed by atoms with Gasteiger partial charge in [0.1, 0.15) is 0 Å². The number of alkyl halides is 3. The lowest BCUT2D eigenvalue weighted by molar-refractivity contribution is -0.137. The normalized spacial score (nSPS) is 16.5. The highest BCUT2D eigenvalue weighted by molar-refractivity contribution is 6.30. The molecule has 0 aliphatic heterocycles. The van der Waals surface area contributed by atoms with Crippen LogP contribution in [-0.2, 0) is 6.18 Å². The molecule has 1 aromatic rings. The highest BCUT2D eigenvalue weighted by Gasteiger charge is 2.33. The van der Waals surface area contributed by atoms with Crippen LogP contribution < -0.4 is 4.74 Å². The van der Waals surface area contributed by atoms with Crippen LogP contribution in [0.5, 0.6) is 5.75 Å². The van der Waals surface area contributed by atoms with E-state index < -0.39 is 11.7 Å². The summed E-state index contributed by atoms with van der Waals surface area (Å²) in [5.41, 5.74) is -0.845. The van der Waals surface area contributed by atoms with Crippen molar-refractivity contribution in [2.45, 2.75) is 25.1 Å². The predicted octanol–water partition coefficient (Wildman–Crippen LogP) is 3.30. The van der Waals surface area contributed by atoms with E-state index in [1.165, 1.54) is 0 Å². The topological polar surface area (TPSA) is 22.1 Å². The minimum absolute atomic E-state index is 0.00668. The van der Waals surface area contributed by atoms with Gasteiger partial charge in [0.25, 0.3) is 0 Å². The molecule has 0 saturated heterocycles. The molecule has 1 saturated carbocycles. The maximum absolute atomic E-state index is 12.3. The summed E-state index contributed by atoms with van der Waals surface area (Å²) in [6.45, 7) is 0. The average molecular weight is 238 g/mol. The first kappa shape index (κ1) is 10.5. The van der Waals surface area contributed by atoms with Crippen molar-refractivity contribution < 1.29 is 17.9 Å². The van der Waals surface area contributed by atoms with Crippen molar-refractivity contribution in [3.8, 4) is 5.75 Å². The smallest absolute Gasteiger partial charge is 0.418 e. The van der Waals surface area contributed by atoms with Gasteiger partial charge in [-0.05, 0) is 18.9 Å². The molecule has 82 valence electrons. The predicted molar refractivity (Wildman–Crippen MR) is 47.9 cm³/mol. The maximum Gasteiger partial charge on any atom is 0.418 e. The van der Waals surface area contributed by atoms with Crippen LogP contribution in [0.15, 0.2) is 12.3 Å². The molecule has 0 amide bonds. The third-order valence-corrected chi connectivity index (χ3v) is 2.24. The Morgan fingerprint density at radius 1 is 1.40 bits per heavy atom. The lowest BCUT2D eigenvalue weighted by Gasteiger charge is -2.10. The molecule has 1 aliphatic rings. The summed E-state index contributed by atoms with van der Waals surface area (Å²) in [5, 5.41) is -0.0325. The van der Waals surface area contributed by atoms with Gasteiger partial charge >= 0.3 is 6.18 Å². The molecule has 2 rings (SSSR count). The minimum Gasteiger partial charge on any atom is -0.487 e. The maximum atomic E-state index is 12.3. The van der Waals surface area contributed by atoms with Crippen molar-refractivity contribution in [3.63, 3.8) is 0 Å². The Bertz CT molecular complexity index is 376. The summed E-state index contributed by atoms with van der Waals surface area (Å²) in [6, 6.07) is 0.883. The van der Waals surface area contributed by atoms with Crippen LogP contribution in [0.3, 0.4) is 0 Å². The van der Waals surface area contributed by atoms with E-state index in [0.29, 0.717) is 6.20 Å². The molecule has 0 spiro atoms. The second kappa shape index (κ2) is 3.56. The molecule has 0 bridgehead atoms. The van der Waals surface area contributed by atoms with Crippen molar-refractivity contribution in [1.82, 2.24) is 4.98 Å². The number of ether oxygens (including phenoxy) is 1. The number of halogens is 4. The van der Waals surface area contributed by atoms with Gasteiger partial charge in [0, 0.05) is 6.20 Å². The zero-order chi connectivity index (χ0) is 11.1. The first-order valence-electron chi connectivity index (χ1n) is 4.36. The minimum atomic E-state index is -4.42. The Labute approximate surface area is 89.0 Å². The van der Waals surface area contributed by atoms with Crippen molar-refractivity contribution >= 4 is 11.6 Å².